The summed E-state index contributed by atoms with van der Waals surface area (Å²) < 4.78 is 16.8. The molecule has 2 saturated heterocycles. The van der Waals surface area contributed by atoms with Gasteiger partial charge in [-0.15, -0.1) is 0 Å². The Labute approximate surface area is 177 Å². The molecule has 2 aliphatic heterocycles. The van der Waals surface area contributed by atoms with Gasteiger partial charge in [0.05, 0.1) is 38.0 Å². The molecule has 0 spiro atoms. The summed E-state index contributed by atoms with van der Waals surface area (Å²) in [6.45, 7) is 5.00. The van der Waals surface area contributed by atoms with E-state index < -0.39 is 5.60 Å². The van der Waals surface area contributed by atoms with E-state index in [4.69, 9.17) is 14.2 Å². The van der Waals surface area contributed by atoms with E-state index in [2.05, 4.69) is 0 Å². The lowest BCUT2D eigenvalue weighted by atomic mass is 9.76. The molecule has 2 atom stereocenters. The predicted molar refractivity (Wildman–Crippen MR) is 112 cm³/mol. The minimum absolute atomic E-state index is 0.228. The number of hydrogen-bond acceptors (Lipinski definition) is 5. The van der Waals surface area contributed by atoms with Crippen LogP contribution < -0.4 is 4.74 Å². The van der Waals surface area contributed by atoms with Crippen molar-refractivity contribution >= 4 is 6.09 Å². The Morgan fingerprint density at radius 2 is 1.73 bits per heavy atom. The first kappa shape index (κ1) is 20.7. The van der Waals surface area contributed by atoms with Crippen LogP contribution in [0.3, 0.4) is 0 Å². The Bertz CT molecular complexity index is 876. The van der Waals surface area contributed by atoms with Crippen molar-refractivity contribution in [3.05, 3.63) is 64.7 Å². The first-order valence-corrected chi connectivity index (χ1v) is 10.4. The van der Waals surface area contributed by atoms with Crippen molar-refractivity contribution in [1.82, 2.24) is 4.90 Å². The Balaban J connectivity index is 1.52. The minimum atomic E-state index is -1.02. The highest BCUT2D eigenvalue weighted by molar-refractivity contribution is 5.69. The maximum Gasteiger partial charge on any atom is 0.410 e. The number of aryl methyl sites for hydroxylation is 2. The number of benzene rings is 2. The van der Waals surface area contributed by atoms with Gasteiger partial charge in [-0.2, -0.15) is 0 Å². The van der Waals surface area contributed by atoms with Gasteiger partial charge in [-0.1, -0.05) is 30.3 Å². The van der Waals surface area contributed by atoms with E-state index in [9.17, 15) is 9.90 Å². The number of morpholine rings is 1. The third kappa shape index (κ3) is 3.89. The molecule has 0 aromatic heterocycles. The number of methoxy groups -OCH3 is 1. The molecule has 1 amide bonds. The zero-order chi connectivity index (χ0) is 21.3. The largest absolute Gasteiger partial charge is 0.496 e. The quantitative estimate of drug-likeness (QED) is 0.831. The number of fused-ring (bicyclic) bond motifs is 2. The van der Waals surface area contributed by atoms with Crippen LogP contribution in [0, 0.1) is 13.8 Å². The van der Waals surface area contributed by atoms with E-state index in [1.54, 1.807) is 12.0 Å². The van der Waals surface area contributed by atoms with Gasteiger partial charge in [-0.3, -0.25) is 4.90 Å². The molecule has 6 nitrogen and oxygen atoms in total. The standard InChI is InChI=1S/C24H29NO5/c1-16-9-19(10-17(2)22(16)28-3)24(27)11-20-14-29-15-21(12-24)25(20)23(26)30-13-18-7-5-4-6-8-18/h4-10,20-21,27H,11-15H2,1-3H3. The van der Waals surface area contributed by atoms with Gasteiger partial charge in [-0.05, 0) is 48.2 Å². The van der Waals surface area contributed by atoms with Crippen LogP contribution in [0.1, 0.15) is 35.1 Å². The number of carbonyl (C=O) groups is 1. The SMILES string of the molecule is COc1c(C)cc(C2(O)CC3COCC(C2)N3C(=O)OCc2ccccc2)cc1C. The summed E-state index contributed by atoms with van der Waals surface area (Å²) in [7, 11) is 1.66. The molecule has 4 rings (SSSR count). The minimum Gasteiger partial charge on any atom is -0.496 e. The molecule has 2 aromatic carbocycles. The summed E-state index contributed by atoms with van der Waals surface area (Å²) in [6, 6.07) is 13.2. The molecule has 2 aromatic rings. The summed E-state index contributed by atoms with van der Waals surface area (Å²) >= 11 is 0. The van der Waals surface area contributed by atoms with Crippen LogP contribution in [-0.2, 0) is 21.7 Å². The molecule has 30 heavy (non-hydrogen) atoms. The number of ether oxygens (including phenoxy) is 3. The van der Waals surface area contributed by atoms with Gasteiger partial charge < -0.3 is 19.3 Å². The van der Waals surface area contributed by atoms with E-state index in [1.807, 2.05) is 56.3 Å². The molecule has 2 unspecified atom stereocenters. The van der Waals surface area contributed by atoms with Crippen molar-refractivity contribution in [1.29, 1.82) is 0 Å². The molecule has 0 saturated carbocycles. The summed E-state index contributed by atoms with van der Waals surface area (Å²) in [4.78, 5) is 14.6. The third-order valence-corrected chi connectivity index (χ3v) is 6.17. The first-order chi connectivity index (χ1) is 14.4. The van der Waals surface area contributed by atoms with Gasteiger partial charge in [0.25, 0.3) is 0 Å². The fourth-order valence-corrected chi connectivity index (χ4v) is 4.84. The van der Waals surface area contributed by atoms with Gasteiger partial charge >= 0.3 is 6.09 Å². The number of piperidine rings is 1. The second-order valence-electron chi connectivity index (χ2n) is 8.38. The van der Waals surface area contributed by atoms with E-state index in [0.29, 0.717) is 26.1 Å². The summed E-state index contributed by atoms with van der Waals surface area (Å²) in [6.07, 6.45) is 0.478. The van der Waals surface area contributed by atoms with Crippen molar-refractivity contribution in [3.8, 4) is 5.75 Å². The first-order valence-electron chi connectivity index (χ1n) is 10.4. The summed E-state index contributed by atoms with van der Waals surface area (Å²) in [5, 5.41) is 11.6. The van der Waals surface area contributed by atoms with E-state index >= 15 is 0 Å². The molecular formula is C24H29NO5. The molecule has 6 heteroatoms. The maximum atomic E-state index is 12.9. The normalized spacial score (nSPS) is 25.7. The Hall–Kier alpha value is -2.57. The average molecular weight is 411 g/mol. The van der Waals surface area contributed by atoms with Crippen LogP contribution in [0.5, 0.6) is 5.75 Å². The van der Waals surface area contributed by atoms with E-state index in [-0.39, 0.29) is 24.8 Å². The topological polar surface area (TPSA) is 68.2 Å². The highest BCUT2D eigenvalue weighted by atomic mass is 16.6. The Morgan fingerprint density at radius 1 is 1.13 bits per heavy atom. The zero-order valence-corrected chi connectivity index (χ0v) is 17.8. The third-order valence-electron chi connectivity index (χ3n) is 6.17. The van der Waals surface area contributed by atoms with E-state index in [1.165, 1.54) is 0 Å². The fraction of sp³-hybridized carbons (Fsp3) is 0.458. The molecule has 2 fully saturated rings. The lowest BCUT2D eigenvalue weighted by Gasteiger charge is -2.51. The Kier molecular flexibility index (Phi) is 5.71. The zero-order valence-electron chi connectivity index (χ0n) is 17.8. The van der Waals surface area contributed by atoms with Gasteiger partial charge in [-0.25, -0.2) is 4.79 Å². The second-order valence-corrected chi connectivity index (χ2v) is 8.38. The Morgan fingerprint density at radius 3 is 2.30 bits per heavy atom. The van der Waals surface area contributed by atoms with Gasteiger partial charge in [0.2, 0.25) is 0 Å². The molecule has 2 bridgehead atoms. The van der Waals surface area contributed by atoms with Crippen LogP contribution in [0.25, 0.3) is 0 Å². The second kappa shape index (κ2) is 8.28. The summed E-state index contributed by atoms with van der Waals surface area (Å²) in [5.74, 6) is 0.841. The lowest BCUT2D eigenvalue weighted by molar-refractivity contribution is -0.137. The number of nitrogens with zero attached hydrogens (tertiary/aromatic N) is 1. The van der Waals surface area contributed by atoms with Crippen molar-refractivity contribution in [3.63, 3.8) is 0 Å². The fourth-order valence-electron chi connectivity index (χ4n) is 4.84. The molecule has 1 N–H and O–H groups in total. The molecule has 0 aliphatic carbocycles. The van der Waals surface area contributed by atoms with Crippen molar-refractivity contribution < 1.29 is 24.1 Å². The van der Waals surface area contributed by atoms with Crippen molar-refractivity contribution in [2.45, 2.75) is 51.0 Å². The number of hydrogen-bond donors (Lipinski definition) is 1. The number of aliphatic hydroxyl groups is 1. The van der Waals surface area contributed by atoms with Crippen molar-refractivity contribution in [2.24, 2.45) is 0 Å². The highest BCUT2D eigenvalue weighted by Gasteiger charge is 2.49. The van der Waals surface area contributed by atoms with E-state index in [0.717, 1.165) is 28.0 Å². The number of amides is 1. The average Bonchev–Trinajstić information content (AvgIpc) is 2.72. The predicted octanol–water partition coefficient (Wildman–Crippen LogP) is 3.70. The molecule has 2 aliphatic rings. The van der Waals surface area contributed by atoms with Crippen LogP contribution in [0.2, 0.25) is 0 Å². The number of rotatable bonds is 4. The van der Waals surface area contributed by atoms with Crippen LogP contribution in [0.15, 0.2) is 42.5 Å². The lowest BCUT2D eigenvalue weighted by Crippen LogP contribution is -2.62. The van der Waals surface area contributed by atoms with Crippen LogP contribution in [-0.4, -0.2) is 48.5 Å². The number of carbonyl (C=O) groups excluding carboxylic acids is 1. The van der Waals surface area contributed by atoms with Crippen LogP contribution in [0.4, 0.5) is 4.79 Å². The molecule has 2 heterocycles. The molecule has 0 radical (unpaired) electrons. The molecule has 160 valence electrons. The van der Waals surface area contributed by atoms with Crippen LogP contribution >= 0.6 is 0 Å². The van der Waals surface area contributed by atoms with Gasteiger partial charge in [0.15, 0.2) is 0 Å². The summed E-state index contributed by atoms with van der Waals surface area (Å²) in [5.41, 5.74) is 2.79. The monoisotopic (exact) mass is 411 g/mol. The highest BCUT2D eigenvalue weighted by Crippen LogP contribution is 2.43. The maximum absolute atomic E-state index is 12.9. The molecular weight excluding hydrogens is 382 g/mol. The van der Waals surface area contributed by atoms with Gasteiger partial charge in [0, 0.05) is 12.8 Å². The smallest absolute Gasteiger partial charge is 0.410 e. The van der Waals surface area contributed by atoms with Gasteiger partial charge in [0.1, 0.15) is 12.4 Å². The van der Waals surface area contributed by atoms with Crippen molar-refractivity contribution in [2.75, 3.05) is 20.3 Å².